The Hall–Kier alpha value is -2.59. The maximum Gasteiger partial charge on any atom is 0.269 e. The number of hydrogen-bond donors (Lipinski definition) is 1. The van der Waals surface area contributed by atoms with E-state index in [0.717, 1.165) is 10.6 Å². The van der Waals surface area contributed by atoms with E-state index in [1.54, 1.807) is 0 Å². The third-order valence-corrected chi connectivity index (χ3v) is 5.02. The fourth-order valence-corrected chi connectivity index (χ4v) is 2.77. The number of benzene rings is 1. The fourth-order valence-electron chi connectivity index (χ4n) is 2.39. The first-order valence-electron chi connectivity index (χ1n) is 7.76. The summed E-state index contributed by atoms with van der Waals surface area (Å²) in [6.07, 6.45) is 1.04. The molecule has 26 heavy (non-hydrogen) atoms. The Morgan fingerprint density at radius 1 is 1.23 bits per heavy atom. The third kappa shape index (κ3) is 3.97. The van der Waals surface area contributed by atoms with Crippen molar-refractivity contribution in [3.63, 3.8) is 0 Å². The summed E-state index contributed by atoms with van der Waals surface area (Å²) >= 11 is 0. The van der Waals surface area contributed by atoms with Crippen molar-refractivity contribution < 1.29 is 18.4 Å². The molecule has 0 bridgehead atoms. The van der Waals surface area contributed by atoms with Crippen LogP contribution >= 0.6 is 0 Å². The van der Waals surface area contributed by atoms with Crippen LogP contribution in [-0.4, -0.2) is 41.7 Å². The van der Waals surface area contributed by atoms with Crippen LogP contribution in [0.25, 0.3) is 11.3 Å². The molecule has 0 saturated carbocycles. The quantitative estimate of drug-likeness (QED) is 0.600. The average Bonchev–Trinajstić information content (AvgIpc) is 2.59. The number of aliphatic hydroxyl groups is 1. The van der Waals surface area contributed by atoms with Gasteiger partial charge < -0.3 is 5.11 Å². The number of aliphatic hydroxyl groups excluding tert-OH is 1. The Labute approximate surface area is 151 Å². The molecule has 0 aliphatic heterocycles. The number of nitro groups is 1. The number of rotatable bonds is 6. The fraction of sp³-hybridized carbons (Fsp3) is 0.375. The zero-order valence-electron chi connectivity index (χ0n) is 14.9. The molecule has 2 rings (SSSR count). The van der Waals surface area contributed by atoms with E-state index in [1.807, 2.05) is 13.8 Å². The predicted octanol–water partition coefficient (Wildman–Crippen LogP) is 2.06. The minimum atomic E-state index is -3.58. The van der Waals surface area contributed by atoms with Gasteiger partial charge in [-0.05, 0) is 18.1 Å². The van der Waals surface area contributed by atoms with E-state index in [1.165, 1.54) is 31.3 Å². The molecule has 0 amide bonds. The molecule has 0 aliphatic rings. The lowest BCUT2D eigenvalue weighted by Gasteiger charge is -2.20. The number of anilines is 1. The zero-order valence-corrected chi connectivity index (χ0v) is 15.7. The molecule has 0 fully saturated rings. The van der Waals surface area contributed by atoms with Crippen molar-refractivity contribution in [2.45, 2.75) is 26.4 Å². The molecule has 1 N–H and O–H groups in total. The van der Waals surface area contributed by atoms with Crippen LogP contribution in [0.2, 0.25) is 0 Å². The molecule has 10 heteroatoms. The van der Waals surface area contributed by atoms with Crippen molar-refractivity contribution in [1.82, 2.24) is 9.97 Å². The summed E-state index contributed by atoms with van der Waals surface area (Å²) in [5.74, 6) is -0.120. The molecular formula is C16H20N4O5S. The molecule has 0 spiro atoms. The summed E-state index contributed by atoms with van der Waals surface area (Å²) in [5, 5.41) is 20.7. The predicted molar refractivity (Wildman–Crippen MR) is 97.4 cm³/mol. The monoisotopic (exact) mass is 380 g/mol. The lowest BCUT2D eigenvalue weighted by molar-refractivity contribution is -0.384. The summed E-state index contributed by atoms with van der Waals surface area (Å²) in [6.45, 7) is 3.39. The van der Waals surface area contributed by atoms with Crippen LogP contribution in [0.1, 0.15) is 31.0 Å². The number of non-ortho nitro benzene ring substituents is 1. The van der Waals surface area contributed by atoms with Crippen LogP contribution in [0.4, 0.5) is 11.6 Å². The van der Waals surface area contributed by atoms with Gasteiger partial charge in [-0.2, -0.15) is 0 Å². The molecule has 0 atom stereocenters. The minimum absolute atomic E-state index is 0.0262. The second-order valence-corrected chi connectivity index (χ2v) is 8.10. The molecule has 140 valence electrons. The number of aromatic nitrogens is 2. The van der Waals surface area contributed by atoms with Crippen LogP contribution in [-0.2, 0) is 16.6 Å². The van der Waals surface area contributed by atoms with Gasteiger partial charge >= 0.3 is 0 Å². The normalized spacial score (nSPS) is 11.6. The van der Waals surface area contributed by atoms with Crippen molar-refractivity contribution in [2.75, 3.05) is 17.6 Å². The smallest absolute Gasteiger partial charge is 0.269 e. The van der Waals surface area contributed by atoms with Gasteiger partial charge in [-0.1, -0.05) is 13.8 Å². The summed E-state index contributed by atoms with van der Waals surface area (Å²) < 4.78 is 24.7. The Kier molecular flexibility index (Phi) is 5.57. The first-order chi connectivity index (χ1) is 12.1. The molecule has 0 unspecified atom stereocenters. The van der Waals surface area contributed by atoms with Crippen LogP contribution in [0.15, 0.2) is 24.3 Å². The summed E-state index contributed by atoms with van der Waals surface area (Å²) in [5.41, 5.74) is 1.76. The van der Waals surface area contributed by atoms with Crippen LogP contribution in [0.3, 0.4) is 0 Å². The lowest BCUT2D eigenvalue weighted by Crippen LogP contribution is -2.27. The largest absolute Gasteiger partial charge is 0.392 e. The first kappa shape index (κ1) is 19.7. The first-order valence-corrected chi connectivity index (χ1v) is 9.61. The van der Waals surface area contributed by atoms with Crippen molar-refractivity contribution in [1.29, 1.82) is 0 Å². The van der Waals surface area contributed by atoms with Gasteiger partial charge in [0.05, 0.1) is 29.2 Å². The van der Waals surface area contributed by atoms with E-state index in [2.05, 4.69) is 9.97 Å². The maximum atomic E-state index is 11.9. The molecule has 9 nitrogen and oxygen atoms in total. The Bertz CT molecular complexity index is 926. The van der Waals surface area contributed by atoms with Gasteiger partial charge in [-0.25, -0.2) is 22.7 Å². The zero-order chi connectivity index (χ0) is 19.6. The van der Waals surface area contributed by atoms with E-state index in [0.29, 0.717) is 22.5 Å². The van der Waals surface area contributed by atoms with E-state index < -0.39 is 14.9 Å². The van der Waals surface area contributed by atoms with Crippen molar-refractivity contribution in [2.24, 2.45) is 0 Å². The molecule has 1 heterocycles. The molecular weight excluding hydrogens is 360 g/mol. The van der Waals surface area contributed by atoms with Crippen molar-refractivity contribution in [3.8, 4) is 11.3 Å². The molecule has 0 radical (unpaired) electrons. The summed E-state index contributed by atoms with van der Waals surface area (Å²) in [7, 11) is -2.24. The number of nitrogens with zero attached hydrogens (tertiary/aromatic N) is 4. The summed E-state index contributed by atoms with van der Waals surface area (Å²) in [4.78, 5) is 18.9. The number of hydrogen-bond acceptors (Lipinski definition) is 7. The van der Waals surface area contributed by atoms with Gasteiger partial charge in [-0.3, -0.25) is 10.1 Å². The van der Waals surface area contributed by atoms with Gasteiger partial charge in [0.1, 0.15) is 0 Å². The SMILES string of the molecule is CC(C)c1nc(N(C)S(C)(=O)=O)nc(-c2ccc([N+](=O)[O-])cc2)c1CO. The number of nitro benzene ring substituents is 1. The minimum Gasteiger partial charge on any atom is -0.392 e. The van der Waals surface area contributed by atoms with Gasteiger partial charge in [0.2, 0.25) is 16.0 Å². The summed E-state index contributed by atoms with van der Waals surface area (Å²) in [6, 6.07) is 5.67. The maximum absolute atomic E-state index is 11.9. The highest BCUT2D eigenvalue weighted by Crippen LogP contribution is 2.31. The second kappa shape index (κ2) is 7.34. The highest BCUT2D eigenvalue weighted by atomic mass is 32.2. The molecule has 1 aromatic heterocycles. The van der Waals surface area contributed by atoms with Crippen LogP contribution in [0, 0.1) is 10.1 Å². The van der Waals surface area contributed by atoms with Crippen molar-refractivity contribution >= 4 is 21.7 Å². The molecule has 2 aromatic rings. The second-order valence-electron chi connectivity index (χ2n) is 6.08. The van der Waals surface area contributed by atoms with Gasteiger partial charge in [0, 0.05) is 30.3 Å². The van der Waals surface area contributed by atoms with E-state index in [9.17, 15) is 23.6 Å². The highest BCUT2D eigenvalue weighted by molar-refractivity contribution is 7.92. The van der Waals surface area contributed by atoms with Crippen LogP contribution < -0.4 is 4.31 Å². The third-order valence-electron chi connectivity index (χ3n) is 3.86. The Morgan fingerprint density at radius 3 is 2.23 bits per heavy atom. The lowest BCUT2D eigenvalue weighted by atomic mass is 9.99. The van der Waals surface area contributed by atoms with Gasteiger partial charge in [0.15, 0.2) is 0 Å². The topological polar surface area (TPSA) is 127 Å². The standard InChI is InChI=1S/C16H20N4O5S/c1-10(2)14-13(9-21)15(11-5-7-12(8-6-11)20(22)23)18-16(17-14)19(3)26(4,24)25/h5-8,10,21H,9H2,1-4H3. The Morgan fingerprint density at radius 2 is 1.81 bits per heavy atom. The van der Waals surface area contributed by atoms with E-state index in [-0.39, 0.29) is 24.2 Å². The van der Waals surface area contributed by atoms with Gasteiger partial charge in [0.25, 0.3) is 5.69 Å². The molecule has 0 aliphatic carbocycles. The van der Waals surface area contributed by atoms with Gasteiger partial charge in [-0.15, -0.1) is 0 Å². The Balaban J connectivity index is 2.73. The molecule has 1 aromatic carbocycles. The number of sulfonamides is 1. The van der Waals surface area contributed by atoms with Crippen LogP contribution in [0.5, 0.6) is 0 Å². The average molecular weight is 380 g/mol. The molecule has 0 saturated heterocycles. The van der Waals surface area contributed by atoms with E-state index in [4.69, 9.17) is 0 Å². The van der Waals surface area contributed by atoms with E-state index >= 15 is 0 Å². The van der Waals surface area contributed by atoms with Crippen molar-refractivity contribution in [3.05, 3.63) is 45.6 Å². The highest BCUT2D eigenvalue weighted by Gasteiger charge is 2.22.